The van der Waals surface area contributed by atoms with Gasteiger partial charge in [-0.1, -0.05) is 85.8 Å². The van der Waals surface area contributed by atoms with Crippen LogP contribution in [0.15, 0.2) is 103 Å². The summed E-state index contributed by atoms with van der Waals surface area (Å²) in [6.45, 7) is 7.39. The summed E-state index contributed by atoms with van der Waals surface area (Å²) in [6, 6.07) is 34.4. The second-order valence-electron chi connectivity index (χ2n) is 12.3. The number of likely N-dealkylation sites (tertiary alicyclic amines) is 1. The molecule has 0 radical (unpaired) electrons. The van der Waals surface area contributed by atoms with Crippen LogP contribution in [0.2, 0.25) is 0 Å². The van der Waals surface area contributed by atoms with Crippen molar-refractivity contribution >= 4 is 22.6 Å². The predicted octanol–water partition coefficient (Wildman–Crippen LogP) is 7.73. The van der Waals surface area contributed by atoms with Gasteiger partial charge >= 0.3 is 0 Å². The molecule has 0 aliphatic carbocycles. The minimum atomic E-state index is 0.285. The first-order chi connectivity index (χ1) is 22.1. The van der Waals surface area contributed by atoms with Crippen LogP contribution in [0, 0.1) is 0 Å². The first kappa shape index (κ1) is 30.6. The van der Waals surface area contributed by atoms with E-state index >= 15 is 0 Å². The van der Waals surface area contributed by atoms with Crippen LogP contribution in [0.25, 0.3) is 22.2 Å². The maximum Gasteiger partial charge on any atom is 0.222 e. The lowest BCUT2D eigenvalue weighted by molar-refractivity contribution is -0.132. The summed E-state index contributed by atoms with van der Waals surface area (Å²) in [5.74, 6) is 1.24. The van der Waals surface area contributed by atoms with E-state index in [-0.39, 0.29) is 5.91 Å². The van der Waals surface area contributed by atoms with Crippen molar-refractivity contribution < 1.29 is 4.79 Å². The Morgan fingerprint density at radius 3 is 2.33 bits per heavy atom. The summed E-state index contributed by atoms with van der Waals surface area (Å²) in [5.41, 5.74) is 13.6. The zero-order valence-corrected chi connectivity index (χ0v) is 26.4. The van der Waals surface area contributed by atoms with Crippen LogP contribution in [0.1, 0.15) is 61.6 Å². The highest BCUT2D eigenvalue weighted by molar-refractivity contribution is 5.92. The van der Waals surface area contributed by atoms with E-state index in [9.17, 15) is 4.79 Å². The molecule has 0 bridgehead atoms. The van der Waals surface area contributed by atoms with Gasteiger partial charge in [-0.15, -0.1) is 0 Å². The van der Waals surface area contributed by atoms with Gasteiger partial charge in [0.2, 0.25) is 5.91 Å². The normalized spacial score (nSPS) is 14.0. The van der Waals surface area contributed by atoms with Gasteiger partial charge in [0, 0.05) is 49.7 Å². The number of nitrogen functional groups attached to an aromatic ring is 1. The standard InChI is InChI=1S/C39H45N5O/c1-2-23-42(28-31-19-22-41-36(40)27-31)24-11-18-37(45)43-25-20-32(21-26-43)38-34-16-9-10-17-35(34)44(29-30-12-5-3-6-13-30)39(38)33-14-7-4-8-15-33/h3-10,12-17,19,22,27,32H,2,11,18,20-21,23-26,28-29H2,1H3,(H2,40,41). The Morgan fingerprint density at radius 2 is 1.60 bits per heavy atom. The minimum Gasteiger partial charge on any atom is -0.384 e. The molecular weight excluding hydrogens is 554 g/mol. The third-order valence-electron chi connectivity index (χ3n) is 9.15. The van der Waals surface area contributed by atoms with Gasteiger partial charge in [-0.2, -0.15) is 0 Å². The Balaban J connectivity index is 1.15. The van der Waals surface area contributed by atoms with Crippen LogP contribution < -0.4 is 5.73 Å². The van der Waals surface area contributed by atoms with Crippen LogP contribution in [0.4, 0.5) is 5.82 Å². The lowest BCUT2D eigenvalue weighted by Gasteiger charge is -2.33. The SMILES string of the molecule is CCCN(CCCC(=O)N1CCC(c2c(-c3ccccc3)n(Cc3ccccc3)c3ccccc23)CC1)Cc1ccnc(N)c1. The molecule has 1 aliphatic heterocycles. The zero-order valence-electron chi connectivity index (χ0n) is 26.4. The number of piperidine rings is 1. The monoisotopic (exact) mass is 599 g/mol. The molecule has 0 spiro atoms. The molecule has 5 aromatic rings. The summed E-state index contributed by atoms with van der Waals surface area (Å²) in [7, 11) is 0. The molecule has 1 amide bonds. The van der Waals surface area contributed by atoms with Crippen molar-refractivity contribution in [1.29, 1.82) is 0 Å². The first-order valence-electron chi connectivity index (χ1n) is 16.5. The number of carbonyl (C=O) groups is 1. The fourth-order valence-electron chi connectivity index (χ4n) is 7.05. The van der Waals surface area contributed by atoms with Crippen LogP contribution in [0.3, 0.4) is 0 Å². The number of pyridine rings is 1. The van der Waals surface area contributed by atoms with E-state index in [1.807, 2.05) is 12.1 Å². The van der Waals surface area contributed by atoms with Gasteiger partial charge in [-0.3, -0.25) is 9.69 Å². The zero-order chi connectivity index (χ0) is 31.0. The van der Waals surface area contributed by atoms with Gasteiger partial charge in [0.05, 0.1) is 5.69 Å². The number of carbonyl (C=O) groups excluding carboxylic acids is 1. The van der Waals surface area contributed by atoms with Crippen LogP contribution in [-0.4, -0.2) is 51.4 Å². The summed E-state index contributed by atoms with van der Waals surface area (Å²) in [5, 5.41) is 1.34. The predicted molar refractivity (Wildman–Crippen MR) is 185 cm³/mol. The van der Waals surface area contributed by atoms with E-state index < -0.39 is 0 Å². The van der Waals surface area contributed by atoms with Gasteiger partial charge in [0.25, 0.3) is 0 Å². The molecule has 6 heteroatoms. The van der Waals surface area contributed by atoms with Crippen LogP contribution in [-0.2, 0) is 17.9 Å². The molecule has 2 N–H and O–H groups in total. The molecule has 0 unspecified atom stereocenters. The second kappa shape index (κ2) is 14.6. The minimum absolute atomic E-state index is 0.285. The van der Waals surface area contributed by atoms with Crippen LogP contribution >= 0.6 is 0 Å². The molecule has 3 heterocycles. The van der Waals surface area contributed by atoms with Crippen molar-refractivity contribution in [2.45, 2.75) is 58.0 Å². The molecule has 3 aromatic carbocycles. The molecule has 6 rings (SSSR count). The highest BCUT2D eigenvalue weighted by atomic mass is 16.2. The van der Waals surface area contributed by atoms with Gasteiger partial charge in [0.15, 0.2) is 0 Å². The third-order valence-corrected chi connectivity index (χ3v) is 9.15. The molecule has 0 saturated carbocycles. The van der Waals surface area contributed by atoms with Crippen molar-refractivity contribution in [3.8, 4) is 11.3 Å². The largest absolute Gasteiger partial charge is 0.384 e. The number of aromatic nitrogens is 2. The lowest BCUT2D eigenvalue weighted by atomic mass is 9.86. The Kier molecular flexibility index (Phi) is 9.91. The van der Waals surface area contributed by atoms with E-state index in [2.05, 4.69) is 111 Å². The number of hydrogen-bond acceptors (Lipinski definition) is 4. The molecule has 0 atom stereocenters. The number of anilines is 1. The van der Waals surface area contributed by atoms with E-state index in [4.69, 9.17) is 5.73 Å². The van der Waals surface area contributed by atoms with E-state index in [1.54, 1.807) is 6.20 Å². The molecular formula is C39H45N5O. The number of nitrogens with two attached hydrogens (primary N) is 1. The van der Waals surface area contributed by atoms with Crippen molar-refractivity contribution in [1.82, 2.24) is 19.4 Å². The number of amides is 1. The molecule has 1 saturated heterocycles. The topological polar surface area (TPSA) is 67.4 Å². The van der Waals surface area contributed by atoms with E-state index in [1.165, 1.54) is 38.9 Å². The Labute approximate surface area is 267 Å². The molecule has 1 aliphatic rings. The molecule has 232 valence electrons. The number of nitrogens with zero attached hydrogens (tertiary/aromatic N) is 4. The fraction of sp³-hybridized carbons (Fsp3) is 0.333. The number of hydrogen-bond donors (Lipinski definition) is 1. The van der Waals surface area contributed by atoms with Crippen molar-refractivity contribution in [3.63, 3.8) is 0 Å². The number of benzene rings is 3. The Morgan fingerprint density at radius 1 is 0.889 bits per heavy atom. The molecule has 2 aromatic heterocycles. The third kappa shape index (κ3) is 7.29. The molecule has 6 nitrogen and oxygen atoms in total. The average Bonchev–Trinajstić information content (AvgIpc) is 3.39. The summed E-state index contributed by atoms with van der Waals surface area (Å²) < 4.78 is 2.51. The molecule has 45 heavy (non-hydrogen) atoms. The molecule has 1 fully saturated rings. The van der Waals surface area contributed by atoms with Crippen LogP contribution in [0.5, 0.6) is 0 Å². The first-order valence-corrected chi connectivity index (χ1v) is 16.5. The lowest BCUT2D eigenvalue weighted by Crippen LogP contribution is -2.38. The van der Waals surface area contributed by atoms with Gasteiger partial charge in [-0.05, 0) is 85.1 Å². The Bertz CT molecular complexity index is 1690. The number of fused-ring (bicyclic) bond motifs is 1. The fourth-order valence-corrected chi connectivity index (χ4v) is 7.05. The number of para-hydroxylation sites is 1. The van der Waals surface area contributed by atoms with Crippen molar-refractivity contribution in [2.75, 3.05) is 31.9 Å². The van der Waals surface area contributed by atoms with Crippen molar-refractivity contribution in [3.05, 3.63) is 120 Å². The van der Waals surface area contributed by atoms with E-state index in [0.717, 1.165) is 65.0 Å². The Hall–Kier alpha value is -4.42. The second-order valence-corrected chi connectivity index (χ2v) is 12.3. The summed E-state index contributed by atoms with van der Waals surface area (Å²) in [6.07, 6.45) is 6.27. The average molecular weight is 600 g/mol. The van der Waals surface area contributed by atoms with Gasteiger partial charge in [-0.25, -0.2) is 4.98 Å². The number of rotatable bonds is 12. The maximum absolute atomic E-state index is 13.4. The maximum atomic E-state index is 13.4. The quantitative estimate of drug-likeness (QED) is 0.159. The van der Waals surface area contributed by atoms with E-state index in [0.29, 0.717) is 18.2 Å². The summed E-state index contributed by atoms with van der Waals surface area (Å²) >= 11 is 0. The highest BCUT2D eigenvalue weighted by Gasteiger charge is 2.29. The smallest absolute Gasteiger partial charge is 0.222 e. The highest BCUT2D eigenvalue weighted by Crippen LogP contribution is 2.42. The van der Waals surface area contributed by atoms with Gasteiger partial charge in [0.1, 0.15) is 5.82 Å². The van der Waals surface area contributed by atoms with Crippen molar-refractivity contribution in [2.24, 2.45) is 0 Å². The summed E-state index contributed by atoms with van der Waals surface area (Å²) in [4.78, 5) is 22.0. The van der Waals surface area contributed by atoms with Gasteiger partial charge < -0.3 is 15.2 Å².